The van der Waals surface area contributed by atoms with Crippen molar-refractivity contribution in [1.82, 2.24) is 19.9 Å². The van der Waals surface area contributed by atoms with E-state index in [-0.39, 0.29) is 5.91 Å². The van der Waals surface area contributed by atoms with E-state index in [1.165, 1.54) is 23.9 Å². The maximum Gasteiger partial charge on any atom is 0.260 e. The molecule has 0 fully saturated rings. The lowest BCUT2D eigenvalue weighted by Crippen LogP contribution is -2.14. The summed E-state index contributed by atoms with van der Waals surface area (Å²) in [5.74, 6) is -0.268. The maximum absolute atomic E-state index is 12.1. The highest BCUT2D eigenvalue weighted by atomic mass is 32.1. The quantitative estimate of drug-likeness (QED) is 0.803. The number of anilines is 1. The lowest BCUT2D eigenvalue weighted by Gasteiger charge is -2.02. The average molecular weight is 297 g/mol. The SMILES string of the molecule is Cc1ncncc1C(=O)Nc1ncc(-c2ccccn2)s1. The molecule has 0 aromatic carbocycles. The van der Waals surface area contributed by atoms with E-state index in [2.05, 4.69) is 25.3 Å². The number of thiazole rings is 1. The number of hydrogen-bond acceptors (Lipinski definition) is 6. The minimum atomic E-state index is -0.268. The van der Waals surface area contributed by atoms with E-state index >= 15 is 0 Å². The van der Waals surface area contributed by atoms with Crippen molar-refractivity contribution in [1.29, 1.82) is 0 Å². The fraction of sp³-hybridized carbons (Fsp3) is 0.0714. The highest BCUT2D eigenvalue weighted by Gasteiger charge is 2.13. The van der Waals surface area contributed by atoms with E-state index in [0.29, 0.717) is 16.4 Å². The Morgan fingerprint density at radius 1 is 1.19 bits per heavy atom. The topological polar surface area (TPSA) is 80.7 Å². The molecule has 0 saturated carbocycles. The molecule has 3 heterocycles. The number of aromatic nitrogens is 4. The molecule has 0 aliphatic carbocycles. The van der Waals surface area contributed by atoms with Gasteiger partial charge < -0.3 is 0 Å². The summed E-state index contributed by atoms with van der Waals surface area (Å²) in [6.45, 7) is 1.76. The lowest BCUT2D eigenvalue weighted by molar-refractivity contribution is 0.102. The first-order valence-electron chi connectivity index (χ1n) is 6.19. The van der Waals surface area contributed by atoms with Crippen LogP contribution in [0.1, 0.15) is 16.1 Å². The van der Waals surface area contributed by atoms with Crippen LogP contribution in [0.25, 0.3) is 10.6 Å². The fourth-order valence-electron chi connectivity index (χ4n) is 1.74. The highest BCUT2D eigenvalue weighted by Crippen LogP contribution is 2.27. The Hall–Kier alpha value is -2.67. The van der Waals surface area contributed by atoms with Crippen molar-refractivity contribution in [2.45, 2.75) is 6.92 Å². The standard InChI is InChI=1S/C14H11N5OS/c1-9-10(6-15-8-18-9)13(20)19-14-17-7-12(21-14)11-4-2-3-5-16-11/h2-8H,1H3,(H,17,19,20). The molecule has 1 N–H and O–H groups in total. The third-order valence-electron chi connectivity index (χ3n) is 2.80. The van der Waals surface area contributed by atoms with Crippen molar-refractivity contribution < 1.29 is 4.79 Å². The zero-order valence-electron chi connectivity index (χ0n) is 11.1. The van der Waals surface area contributed by atoms with Gasteiger partial charge in [-0.15, -0.1) is 0 Å². The molecular weight excluding hydrogens is 286 g/mol. The maximum atomic E-state index is 12.1. The van der Waals surface area contributed by atoms with E-state index in [4.69, 9.17) is 0 Å². The number of nitrogens with one attached hydrogen (secondary N) is 1. The third-order valence-corrected chi connectivity index (χ3v) is 3.73. The molecule has 21 heavy (non-hydrogen) atoms. The number of pyridine rings is 1. The molecule has 3 rings (SSSR count). The molecule has 0 aliphatic rings. The zero-order valence-corrected chi connectivity index (χ0v) is 12.0. The van der Waals surface area contributed by atoms with Gasteiger partial charge in [-0.1, -0.05) is 17.4 Å². The van der Waals surface area contributed by atoms with Crippen molar-refractivity contribution in [3.8, 4) is 10.6 Å². The second-order valence-corrected chi connectivity index (χ2v) is 5.25. The van der Waals surface area contributed by atoms with Crippen LogP contribution in [0.15, 0.2) is 43.1 Å². The van der Waals surface area contributed by atoms with Crippen LogP contribution in [-0.4, -0.2) is 25.8 Å². The van der Waals surface area contributed by atoms with Gasteiger partial charge in [-0.3, -0.25) is 15.1 Å². The third kappa shape index (κ3) is 2.92. The van der Waals surface area contributed by atoms with Gasteiger partial charge in [0.25, 0.3) is 5.91 Å². The summed E-state index contributed by atoms with van der Waals surface area (Å²) in [5, 5.41) is 3.27. The van der Waals surface area contributed by atoms with Crippen LogP contribution in [0, 0.1) is 6.92 Å². The first-order chi connectivity index (χ1) is 10.2. The number of aryl methyl sites for hydroxylation is 1. The number of carbonyl (C=O) groups is 1. The predicted octanol–water partition coefficient (Wildman–Crippen LogP) is 2.56. The van der Waals surface area contributed by atoms with Crippen LogP contribution in [-0.2, 0) is 0 Å². The normalized spacial score (nSPS) is 10.3. The first kappa shape index (κ1) is 13.3. The molecular formula is C14H11N5OS. The summed E-state index contributed by atoms with van der Waals surface area (Å²) in [4.78, 5) is 29.3. The minimum absolute atomic E-state index is 0.268. The van der Waals surface area contributed by atoms with Gasteiger partial charge in [0, 0.05) is 18.6 Å². The van der Waals surface area contributed by atoms with Crippen LogP contribution in [0.2, 0.25) is 0 Å². The second kappa shape index (κ2) is 5.76. The van der Waals surface area contributed by atoms with Crippen LogP contribution >= 0.6 is 11.3 Å². The monoisotopic (exact) mass is 297 g/mol. The van der Waals surface area contributed by atoms with Crippen molar-refractivity contribution in [3.63, 3.8) is 0 Å². The largest absolute Gasteiger partial charge is 0.298 e. The van der Waals surface area contributed by atoms with Gasteiger partial charge in [0.15, 0.2) is 5.13 Å². The number of hydrogen-bond donors (Lipinski definition) is 1. The van der Waals surface area contributed by atoms with E-state index < -0.39 is 0 Å². The van der Waals surface area contributed by atoms with Gasteiger partial charge in [-0.05, 0) is 19.1 Å². The number of carbonyl (C=O) groups excluding carboxylic acids is 1. The van der Waals surface area contributed by atoms with Crippen LogP contribution in [0.4, 0.5) is 5.13 Å². The summed E-state index contributed by atoms with van der Waals surface area (Å²) in [6, 6.07) is 5.66. The Balaban J connectivity index is 1.79. The summed E-state index contributed by atoms with van der Waals surface area (Å²) in [6.07, 6.45) is 6.31. The number of rotatable bonds is 3. The zero-order chi connectivity index (χ0) is 14.7. The molecule has 3 aromatic heterocycles. The Morgan fingerprint density at radius 3 is 2.86 bits per heavy atom. The van der Waals surface area contributed by atoms with Crippen LogP contribution < -0.4 is 5.32 Å². The first-order valence-corrected chi connectivity index (χ1v) is 7.01. The molecule has 0 unspecified atom stereocenters. The number of nitrogens with zero attached hydrogens (tertiary/aromatic N) is 4. The Kier molecular flexibility index (Phi) is 3.65. The Labute approximate surface area is 125 Å². The lowest BCUT2D eigenvalue weighted by atomic mass is 10.2. The molecule has 0 aliphatic heterocycles. The van der Waals surface area contributed by atoms with Gasteiger partial charge >= 0.3 is 0 Å². The van der Waals surface area contributed by atoms with Crippen LogP contribution in [0.5, 0.6) is 0 Å². The molecule has 0 saturated heterocycles. The van der Waals surface area contributed by atoms with E-state index in [9.17, 15) is 4.79 Å². The molecule has 0 radical (unpaired) electrons. The molecule has 3 aromatic rings. The van der Waals surface area contributed by atoms with Gasteiger partial charge in [-0.25, -0.2) is 15.0 Å². The number of amides is 1. The van der Waals surface area contributed by atoms with Crippen LogP contribution in [0.3, 0.4) is 0 Å². The molecule has 0 spiro atoms. The molecule has 0 bridgehead atoms. The molecule has 7 heteroatoms. The summed E-state index contributed by atoms with van der Waals surface area (Å²) in [5.41, 5.74) is 1.89. The Morgan fingerprint density at radius 2 is 2.10 bits per heavy atom. The van der Waals surface area contributed by atoms with Crippen molar-refractivity contribution in [3.05, 3.63) is 54.4 Å². The van der Waals surface area contributed by atoms with Gasteiger partial charge in [0.2, 0.25) is 0 Å². The predicted molar refractivity (Wildman–Crippen MR) is 80.1 cm³/mol. The summed E-state index contributed by atoms with van der Waals surface area (Å²) >= 11 is 1.37. The average Bonchev–Trinajstić information content (AvgIpc) is 2.97. The van der Waals surface area contributed by atoms with Crippen molar-refractivity contribution in [2.75, 3.05) is 5.32 Å². The van der Waals surface area contributed by atoms with E-state index in [1.807, 2.05) is 18.2 Å². The minimum Gasteiger partial charge on any atom is -0.298 e. The second-order valence-electron chi connectivity index (χ2n) is 4.22. The molecule has 0 atom stereocenters. The van der Waals surface area contributed by atoms with Gasteiger partial charge in [0.1, 0.15) is 6.33 Å². The summed E-state index contributed by atoms with van der Waals surface area (Å²) in [7, 11) is 0. The highest BCUT2D eigenvalue weighted by molar-refractivity contribution is 7.19. The van der Waals surface area contributed by atoms with E-state index in [1.54, 1.807) is 19.3 Å². The smallest absolute Gasteiger partial charge is 0.260 e. The van der Waals surface area contributed by atoms with E-state index in [0.717, 1.165) is 10.6 Å². The fourth-order valence-corrected chi connectivity index (χ4v) is 2.53. The van der Waals surface area contributed by atoms with Crippen molar-refractivity contribution in [2.24, 2.45) is 0 Å². The molecule has 1 amide bonds. The Bertz CT molecular complexity index is 772. The molecule has 104 valence electrons. The van der Waals surface area contributed by atoms with Gasteiger partial charge in [0.05, 0.1) is 21.8 Å². The molecule has 6 nitrogen and oxygen atoms in total. The van der Waals surface area contributed by atoms with Gasteiger partial charge in [-0.2, -0.15) is 0 Å². The van der Waals surface area contributed by atoms with Crippen molar-refractivity contribution >= 4 is 22.4 Å². The summed E-state index contributed by atoms with van der Waals surface area (Å²) < 4.78 is 0.